The smallest absolute Gasteiger partial charge is 0.325 e. The topological polar surface area (TPSA) is 88.3 Å². The fourth-order valence-electron chi connectivity index (χ4n) is 1.97. The van der Waals surface area contributed by atoms with E-state index in [9.17, 15) is 9.59 Å². The van der Waals surface area contributed by atoms with Crippen LogP contribution in [0.3, 0.4) is 0 Å². The quantitative estimate of drug-likeness (QED) is 0.820. The summed E-state index contributed by atoms with van der Waals surface area (Å²) in [6.45, 7) is 1.99. The molecule has 1 aromatic rings. The number of imide groups is 1. The molecule has 102 valence electrons. The van der Waals surface area contributed by atoms with Crippen LogP contribution in [0.4, 0.5) is 10.6 Å². The predicted molar refractivity (Wildman–Crippen MR) is 71.4 cm³/mol. The highest BCUT2D eigenvalue weighted by atomic mass is 35.5. The summed E-state index contributed by atoms with van der Waals surface area (Å²) < 4.78 is 0. The second kappa shape index (κ2) is 5.44. The highest BCUT2D eigenvalue weighted by Gasteiger charge is 2.37. The first-order valence-corrected chi connectivity index (χ1v) is 6.43. The van der Waals surface area contributed by atoms with Gasteiger partial charge < -0.3 is 11.1 Å². The van der Waals surface area contributed by atoms with E-state index in [1.807, 2.05) is 6.92 Å². The van der Waals surface area contributed by atoms with Gasteiger partial charge in [0, 0.05) is 0 Å². The molecule has 3 N–H and O–H groups in total. The van der Waals surface area contributed by atoms with E-state index in [1.165, 1.54) is 0 Å². The summed E-state index contributed by atoms with van der Waals surface area (Å²) in [6.07, 6.45) is 1.45. The highest BCUT2D eigenvalue weighted by molar-refractivity contribution is 6.31. The first-order chi connectivity index (χ1) is 9.02. The molecule has 19 heavy (non-hydrogen) atoms. The average molecular weight is 283 g/mol. The Morgan fingerprint density at radius 1 is 1.47 bits per heavy atom. The number of aromatic nitrogens is 1. The molecule has 1 aliphatic heterocycles. The zero-order chi connectivity index (χ0) is 14.0. The highest BCUT2D eigenvalue weighted by Crippen LogP contribution is 2.20. The third-order valence-electron chi connectivity index (χ3n) is 2.93. The van der Waals surface area contributed by atoms with E-state index < -0.39 is 12.1 Å². The van der Waals surface area contributed by atoms with Gasteiger partial charge in [-0.05, 0) is 18.6 Å². The summed E-state index contributed by atoms with van der Waals surface area (Å²) in [5.41, 5.74) is 5.99. The normalized spacial score (nSPS) is 18.8. The molecule has 0 spiro atoms. The molecule has 2 rings (SSSR count). The van der Waals surface area contributed by atoms with Crippen LogP contribution < -0.4 is 11.1 Å². The third-order valence-corrected chi connectivity index (χ3v) is 3.28. The molecule has 0 aliphatic carbocycles. The number of hydrogen-bond acceptors (Lipinski definition) is 4. The van der Waals surface area contributed by atoms with E-state index in [1.54, 1.807) is 12.1 Å². The zero-order valence-electron chi connectivity index (χ0n) is 10.5. The van der Waals surface area contributed by atoms with E-state index >= 15 is 0 Å². The van der Waals surface area contributed by atoms with Crippen molar-refractivity contribution in [3.05, 3.63) is 22.8 Å². The van der Waals surface area contributed by atoms with E-state index in [-0.39, 0.29) is 12.5 Å². The molecule has 1 aliphatic rings. The van der Waals surface area contributed by atoms with Crippen molar-refractivity contribution < 1.29 is 9.59 Å². The Kier molecular flexibility index (Phi) is 3.90. The van der Waals surface area contributed by atoms with Gasteiger partial charge in [-0.2, -0.15) is 0 Å². The maximum Gasteiger partial charge on any atom is 0.325 e. The molecule has 1 aromatic heterocycles. The van der Waals surface area contributed by atoms with Crippen LogP contribution in [0.5, 0.6) is 0 Å². The van der Waals surface area contributed by atoms with Gasteiger partial charge in [0.15, 0.2) is 0 Å². The second-order valence-corrected chi connectivity index (χ2v) is 4.79. The number of pyridine rings is 1. The van der Waals surface area contributed by atoms with Crippen LogP contribution >= 0.6 is 11.6 Å². The van der Waals surface area contributed by atoms with Crippen molar-refractivity contribution in [1.29, 1.82) is 0 Å². The van der Waals surface area contributed by atoms with Gasteiger partial charge in [0.25, 0.3) is 5.91 Å². The van der Waals surface area contributed by atoms with Crippen molar-refractivity contribution in [2.75, 3.05) is 5.73 Å². The van der Waals surface area contributed by atoms with Crippen molar-refractivity contribution in [1.82, 2.24) is 15.2 Å². The lowest BCUT2D eigenvalue weighted by atomic mass is 10.1. The van der Waals surface area contributed by atoms with E-state index in [4.69, 9.17) is 17.3 Å². The van der Waals surface area contributed by atoms with E-state index in [0.29, 0.717) is 23.0 Å². The molecular weight excluding hydrogens is 268 g/mol. The van der Waals surface area contributed by atoms with Crippen LogP contribution in [-0.4, -0.2) is 27.9 Å². The predicted octanol–water partition coefficient (Wildman–Crippen LogP) is 1.54. The Labute approximate surface area is 115 Å². The lowest BCUT2D eigenvalue weighted by molar-refractivity contribution is -0.128. The van der Waals surface area contributed by atoms with Gasteiger partial charge in [-0.15, -0.1) is 0 Å². The summed E-state index contributed by atoms with van der Waals surface area (Å²) in [4.78, 5) is 29.0. The summed E-state index contributed by atoms with van der Waals surface area (Å²) in [7, 11) is 0. The van der Waals surface area contributed by atoms with Gasteiger partial charge in [-0.3, -0.25) is 9.69 Å². The SMILES string of the molecule is CCCC1NC(=O)N(Cc2nc(N)ccc2Cl)C1=O. The Morgan fingerprint density at radius 3 is 2.89 bits per heavy atom. The monoisotopic (exact) mass is 282 g/mol. The van der Waals surface area contributed by atoms with Crippen LogP contribution in [0.15, 0.2) is 12.1 Å². The number of hydrogen-bond donors (Lipinski definition) is 2. The molecule has 0 bridgehead atoms. The maximum atomic E-state index is 12.0. The Morgan fingerprint density at radius 2 is 2.21 bits per heavy atom. The number of nitrogen functional groups attached to an aromatic ring is 1. The summed E-state index contributed by atoms with van der Waals surface area (Å²) in [6, 6.07) is 2.31. The van der Waals surface area contributed by atoms with Gasteiger partial charge in [0.1, 0.15) is 11.9 Å². The van der Waals surface area contributed by atoms with Crippen LogP contribution in [0, 0.1) is 0 Å². The van der Waals surface area contributed by atoms with Crippen molar-refractivity contribution in [3.8, 4) is 0 Å². The fraction of sp³-hybridized carbons (Fsp3) is 0.417. The molecule has 1 fully saturated rings. The molecule has 1 unspecified atom stereocenters. The minimum Gasteiger partial charge on any atom is -0.384 e. The molecule has 0 radical (unpaired) electrons. The molecule has 1 atom stereocenters. The van der Waals surface area contributed by atoms with Crippen molar-refractivity contribution in [2.24, 2.45) is 0 Å². The Balaban J connectivity index is 2.17. The lowest BCUT2D eigenvalue weighted by Gasteiger charge is -2.13. The van der Waals surface area contributed by atoms with Gasteiger partial charge in [0.05, 0.1) is 17.3 Å². The molecule has 2 heterocycles. The van der Waals surface area contributed by atoms with Gasteiger partial charge >= 0.3 is 6.03 Å². The second-order valence-electron chi connectivity index (χ2n) is 4.38. The van der Waals surface area contributed by atoms with Crippen molar-refractivity contribution in [3.63, 3.8) is 0 Å². The number of nitrogens with two attached hydrogens (primary N) is 1. The number of nitrogens with zero attached hydrogens (tertiary/aromatic N) is 2. The summed E-state index contributed by atoms with van der Waals surface area (Å²) in [5, 5.41) is 3.03. The molecule has 1 saturated heterocycles. The number of carbonyl (C=O) groups excluding carboxylic acids is 2. The first kappa shape index (κ1) is 13.6. The van der Waals surface area contributed by atoms with Crippen molar-refractivity contribution >= 4 is 29.4 Å². The number of urea groups is 1. The van der Waals surface area contributed by atoms with Gasteiger partial charge in [0.2, 0.25) is 0 Å². The molecule has 0 saturated carbocycles. The maximum absolute atomic E-state index is 12.0. The number of carbonyl (C=O) groups is 2. The minimum atomic E-state index is -0.447. The standard InChI is InChI=1S/C12H15ClN4O2/c1-2-3-8-11(18)17(12(19)16-8)6-9-7(13)4-5-10(14)15-9/h4-5,8H,2-3,6H2,1H3,(H2,14,15)(H,16,19). The largest absolute Gasteiger partial charge is 0.384 e. The molecule has 6 nitrogen and oxygen atoms in total. The average Bonchev–Trinajstić information content (AvgIpc) is 2.62. The van der Waals surface area contributed by atoms with Gasteiger partial charge in [-0.25, -0.2) is 9.78 Å². The van der Waals surface area contributed by atoms with Crippen LogP contribution in [0.2, 0.25) is 5.02 Å². The number of rotatable bonds is 4. The summed E-state index contributed by atoms with van der Waals surface area (Å²) in [5.74, 6) is 0.0590. The number of anilines is 1. The lowest BCUT2D eigenvalue weighted by Crippen LogP contribution is -2.31. The number of amides is 3. The molecule has 7 heteroatoms. The third kappa shape index (κ3) is 2.78. The minimum absolute atomic E-state index is 0.0365. The molecular formula is C12H15ClN4O2. The number of nitrogens with one attached hydrogen (secondary N) is 1. The Bertz CT molecular complexity index is 520. The van der Waals surface area contributed by atoms with Crippen LogP contribution in [-0.2, 0) is 11.3 Å². The van der Waals surface area contributed by atoms with Crippen molar-refractivity contribution in [2.45, 2.75) is 32.4 Å². The van der Waals surface area contributed by atoms with E-state index in [2.05, 4.69) is 10.3 Å². The zero-order valence-corrected chi connectivity index (χ0v) is 11.3. The molecule has 3 amide bonds. The Hall–Kier alpha value is -1.82. The first-order valence-electron chi connectivity index (χ1n) is 6.05. The molecule has 0 aromatic carbocycles. The summed E-state index contributed by atoms with van der Waals surface area (Å²) >= 11 is 5.98. The van der Waals surface area contributed by atoms with Crippen LogP contribution in [0.1, 0.15) is 25.5 Å². The van der Waals surface area contributed by atoms with Crippen LogP contribution in [0.25, 0.3) is 0 Å². The number of halogens is 1. The van der Waals surface area contributed by atoms with Gasteiger partial charge in [-0.1, -0.05) is 24.9 Å². The van der Waals surface area contributed by atoms with E-state index in [0.717, 1.165) is 11.3 Å². The fourth-order valence-corrected chi connectivity index (χ4v) is 2.14.